The Labute approximate surface area is 117 Å². The van der Waals surface area contributed by atoms with Crippen LogP contribution < -0.4 is 0 Å². The predicted molar refractivity (Wildman–Crippen MR) is 73.6 cm³/mol. The van der Waals surface area contributed by atoms with Crippen molar-refractivity contribution in [3.05, 3.63) is 30.3 Å². The standard InChI is InChI=1S/C14H17NO3S/c1-10(16)15-12(14(17)18-2)8-9-13(15)19-11-6-4-3-5-7-11/h3-7,12-13H,8-9H2,1-2H3/t12-,13?/m0/s1. The normalized spacial score (nSPS) is 22.3. The Bertz CT molecular complexity index is 463. The first-order valence-corrected chi connectivity index (χ1v) is 7.10. The number of amides is 1. The lowest BCUT2D eigenvalue weighted by atomic mass is 10.2. The minimum absolute atomic E-state index is 0.00370. The Balaban J connectivity index is 2.13. The molecule has 102 valence electrons. The van der Waals surface area contributed by atoms with Gasteiger partial charge in [-0.25, -0.2) is 4.79 Å². The average Bonchev–Trinajstić information content (AvgIpc) is 2.83. The van der Waals surface area contributed by atoms with Gasteiger partial charge < -0.3 is 9.64 Å². The summed E-state index contributed by atoms with van der Waals surface area (Å²) in [6.07, 6.45) is 1.47. The average molecular weight is 279 g/mol. The van der Waals surface area contributed by atoms with Gasteiger partial charge in [0.05, 0.1) is 12.5 Å². The van der Waals surface area contributed by atoms with Crippen LogP contribution in [-0.4, -0.2) is 35.3 Å². The largest absolute Gasteiger partial charge is 0.467 e. The monoisotopic (exact) mass is 279 g/mol. The molecule has 0 aliphatic carbocycles. The number of hydrogen-bond acceptors (Lipinski definition) is 4. The molecule has 1 saturated heterocycles. The lowest BCUT2D eigenvalue weighted by Crippen LogP contribution is -2.43. The molecule has 1 heterocycles. The summed E-state index contributed by atoms with van der Waals surface area (Å²) in [6.45, 7) is 1.50. The fourth-order valence-corrected chi connectivity index (χ4v) is 3.63. The molecule has 0 bridgehead atoms. The molecular weight excluding hydrogens is 262 g/mol. The van der Waals surface area contributed by atoms with E-state index in [1.807, 2.05) is 30.3 Å². The highest BCUT2D eigenvalue weighted by Gasteiger charge is 2.40. The van der Waals surface area contributed by atoms with Crippen molar-refractivity contribution in [3.8, 4) is 0 Å². The van der Waals surface area contributed by atoms with E-state index in [0.717, 1.165) is 11.3 Å². The lowest BCUT2D eigenvalue weighted by Gasteiger charge is -2.27. The first-order valence-electron chi connectivity index (χ1n) is 6.22. The Morgan fingerprint density at radius 2 is 1.95 bits per heavy atom. The van der Waals surface area contributed by atoms with Crippen LogP contribution in [0.3, 0.4) is 0 Å². The van der Waals surface area contributed by atoms with Crippen LogP contribution in [0.1, 0.15) is 19.8 Å². The van der Waals surface area contributed by atoms with Gasteiger partial charge in [-0.1, -0.05) is 18.2 Å². The van der Waals surface area contributed by atoms with Gasteiger partial charge in [-0.05, 0) is 25.0 Å². The van der Waals surface area contributed by atoms with Crippen molar-refractivity contribution in [1.29, 1.82) is 0 Å². The third-order valence-electron chi connectivity index (χ3n) is 3.19. The van der Waals surface area contributed by atoms with Crippen molar-refractivity contribution in [1.82, 2.24) is 4.90 Å². The molecule has 2 rings (SSSR count). The van der Waals surface area contributed by atoms with Gasteiger partial charge in [-0.15, -0.1) is 11.8 Å². The van der Waals surface area contributed by atoms with Crippen LogP contribution >= 0.6 is 11.8 Å². The number of rotatable bonds is 3. The summed E-state index contributed by atoms with van der Waals surface area (Å²) in [4.78, 5) is 26.2. The van der Waals surface area contributed by atoms with Crippen molar-refractivity contribution >= 4 is 23.6 Å². The molecular formula is C14H17NO3S. The van der Waals surface area contributed by atoms with Crippen LogP contribution in [0, 0.1) is 0 Å². The Hall–Kier alpha value is -1.49. The highest BCUT2D eigenvalue weighted by atomic mass is 32.2. The minimum atomic E-state index is -0.441. The van der Waals surface area contributed by atoms with Gasteiger partial charge in [-0.2, -0.15) is 0 Å². The van der Waals surface area contributed by atoms with Gasteiger partial charge in [-0.3, -0.25) is 4.79 Å². The fourth-order valence-electron chi connectivity index (χ4n) is 2.34. The molecule has 1 aromatic rings. The molecule has 0 radical (unpaired) electrons. The van der Waals surface area contributed by atoms with Crippen LogP contribution in [-0.2, 0) is 14.3 Å². The fraction of sp³-hybridized carbons (Fsp3) is 0.429. The van der Waals surface area contributed by atoms with Gasteiger partial charge in [0.25, 0.3) is 0 Å². The number of ether oxygens (including phenoxy) is 1. The maximum atomic E-state index is 11.8. The zero-order valence-electron chi connectivity index (χ0n) is 11.0. The molecule has 1 unspecified atom stereocenters. The number of esters is 1. The summed E-state index contributed by atoms with van der Waals surface area (Å²) < 4.78 is 4.77. The molecule has 1 fully saturated rings. The molecule has 4 nitrogen and oxygen atoms in total. The molecule has 0 spiro atoms. The van der Waals surface area contributed by atoms with Crippen LogP contribution in [0.5, 0.6) is 0 Å². The van der Waals surface area contributed by atoms with Gasteiger partial charge in [0.15, 0.2) is 0 Å². The first kappa shape index (κ1) is 13.9. The molecule has 5 heteroatoms. The number of carbonyl (C=O) groups excluding carboxylic acids is 2. The SMILES string of the molecule is COC(=O)[C@@H]1CCC(Sc2ccccc2)N1C(C)=O. The quantitative estimate of drug-likeness (QED) is 0.796. The summed E-state index contributed by atoms with van der Waals surface area (Å²) in [7, 11) is 1.36. The summed E-state index contributed by atoms with van der Waals surface area (Å²) in [5, 5.41) is 0.00370. The molecule has 1 aromatic carbocycles. The zero-order chi connectivity index (χ0) is 13.8. The third-order valence-corrected chi connectivity index (χ3v) is 4.46. The number of nitrogens with zero attached hydrogens (tertiary/aromatic N) is 1. The van der Waals surface area contributed by atoms with E-state index in [1.54, 1.807) is 16.7 Å². The van der Waals surface area contributed by atoms with Gasteiger partial charge in [0, 0.05) is 11.8 Å². The summed E-state index contributed by atoms with van der Waals surface area (Å²) >= 11 is 1.62. The lowest BCUT2D eigenvalue weighted by molar-refractivity contribution is -0.150. The van der Waals surface area contributed by atoms with Gasteiger partial charge in [0.2, 0.25) is 5.91 Å². The summed E-state index contributed by atoms with van der Waals surface area (Å²) in [5.74, 6) is -0.410. The van der Waals surface area contributed by atoms with Crippen LogP contribution in [0.25, 0.3) is 0 Å². The van der Waals surface area contributed by atoms with E-state index >= 15 is 0 Å². The number of hydrogen-bond donors (Lipinski definition) is 0. The zero-order valence-corrected chi connectivity index (χ0v) is 11.9. The highest BCUT2D eigenvalue weighted by molar-refractivity contribution is 7.99. The van der Waals surface area contributed by atoms with Crippen LogP contribution in [0.2, 0.25) is 0 Å². The van der Waals surface area contributed by atoms with E-state index in [4.69, 9.17) is 4.74 Å². The number of benzene rings is 1. The molecule has 0 aromatic heterocycles. The van der Waals surface area contributed by atoms with Crippen LogP contribution in [0.4, 0.5) is 0 Å². The second-order valence-corrected chi connectivity index (χ2v) is 5.68. The molecule has 1 aliphatic heterocycles. The molecule has 19 heavy (non-hydrogen) atoms. The van der Waals surface area contributed by atoms with Crippen LogP contribution in [0.15, 0.2) is 35.2 Å². The Morgan fingerprint density at radius 3 is 2.53 bits per heavy atom. The highest BCUT2D eigenvalue weighted by Crippen LogP contribution is 2.36. The number of methoxy groups -OCH3 is 1. The molecule has 1 amide bonds. The van der Waals surface area contributed by atoms with E-state index < -0.39 is 6.04 Å². The van der Waals surface area contributed by atoms with E-state index in [1.165, 1.54) is 14.0 Å². The van der Waals surface area contributed by atoms with Crippen molar-refractivity contribution in [2.24, 2.45) is 0 Å². The topological polar surface area (TPSA) is 46.6 Å². The maximum absolute atomic E-state index is 11.8. The number of likely N-dealkylation sites (tertiary alicyclic amines) is 1. The van der Waals surface area contributed by atoms with E-state index in [-0.39, 0.29) is 17.3 Å². The van der Waals surface area contributed by atoms with Crippen molar-refractivity contribution < 1.29 is 14.3 Å². The maximum Gasteiger partial charge on any atom is 0.328 e. The minimum Gasteiger partial charge on any atom is -0.467 e. The first-order chi connectivity index (χ1) is 9.13. The third kappa shape index (κ3) is 3.10. The molecule has 1 aliphatic rings. The second-order valence-electron chi connectivity index (χ2n) is 4.43. The number of carbonyl (C=O) groups is 2. The van der Waals surface area contributed by atoms with Crippen molar-refractivity contribution in [2.75, 3.05) is 7.11 Å². The van der Waals surface area contributed by atoms with Gasteiger partial charge in [0.1, 0.15) is 6.04 Å². The number of thioether (sulfide) groups is 1. The Kier molecular flexibility index (Phi) is 4.47. The van der Waals surface area contributed by atoms with E-state index in [2.05, 4.69) is 0 Å². The van der Waals surface area contributed by atoms with E-state index in [0.29, 0.717) is 6.42 Å². The smallest absolute Gasteiger partial charge is 0.328 e. The van der Waals surface area contributed by atoms with Crippen molar-refractivity contribution in [3.63, 3.8) is 0 Å². The summed E-state index contributed by atoms with van der Waals surface area (Å²) in [6, 6.07) is 9.46. The molecule has 0 N–H and O–H groups in total. The molecule has 2 atom stereocenters. The second kappa shape index (κ2) is 6.10. The predicted octanol–water partition coefficient (Wildman–Crippen LogP) is 2.29. The Morgan fingerprint density at radius 1 is 1.26 bits per heavy atom. The summed E-state index contributed by atoms with van der Waals surface area (Å²) in [5.41, 5.74) is 0. The van der Waals surface area contributed by atoms with Gasteiger partial charge >= 0.3 is 5.97 Å². The van der Waals surface area contributed by atoms with Crippen molar-refractivity contribution in [2.45, 2.75) is 36.1 Å². The van der Waals surface area contributed by atoms with E-state index in [9.17, 15) is 9.59 Å². The molecule has 0 saturated carbocycles.